The maximum absolute atomic E-state index is 11.8. The SMILES string of the molecule is CC[C@H](C)COc1ccc([C@H](CO)NC(=O)OC(C)(C)C)cc1. The number of hydrogen-bond acceptors (Lipinski definition) is 4. The highest BCUT2D eigenvalue weighted by molar-refractivity contribution is 5.68. The number of carbonyl (C=O) groups excluding carboxylic acids is 1. The number of aliphatic hydroxyl groups excluding tert-OH is 1. The van der Waals surface area contributed by atoms with Crippen LogP contribution in [0.3, 0.4) is 0 Å². The molecule has 1 aromatic rings. The van der Waals surface area contributed by atoms with Gasteiger partial charge in [0.05, 0.1) is 19.3 Å². The predicted molar refractivity (Wildman–Crippen MR) is 90.6 cm³/mol. The largest absolute Gasteiger partial charge is 0.493 e. The highest BCUT2D eigenvalue weighted by atomic mass is 16.6. The molecule has 0 spiro atoms. The molecule has 1 amide bonds. The molecule has 0 saturated carbocycles. The average Bonchev–Trinajstić information content (AvgIpc) is 2.49. The zero-order chi connectivity index (χ0) is 17.5. The molecule has 2 atom stereocenters. The van der Waals surface area contributed by atoms with Gasteiger partial charge in [-0.05, 0) is 44.4 Å². The summed E-state index contributed by atoms with van der Waals surface area (Å²) in [5.41, 5.74) is 0.229. The van der Waals surface area contributed by atoms with Gasteiger partial charge in [-0.25, -0.2) is 4.79 Å². The summed E-state index contributed by atoms with van der Waals surface area (Å²) < 4.78 is 10.9. The van der Waals surface area contributed by atoms with Gasteiger partial charge in [-0.15, -0.1) is 0 Å². The fraction of sp³-hybridized carbons (Fsp3) is 0.611. The van der Waals surface area contributed by atoms with Crippen LogP contribution in [0.25, 0.3) is 0 Å². The van der Waals surface area contributed by atoms with Gasteiger partial charge in [0.1, 0.15) is 11.4 Å². The van der Waals surface area contributed by atoms with E-state index in [0.29, 0.717) is 12.5 Å². The second kappa shape index (κ2) is 8.77. The third-order valence-electron chi connectivity index (χ3n) is 3.39. The number of nitrogens with one attached hydrogen (secondary N) is 1. The van der Waals surface area contributed by atoms with E-state index >= 15 is 0 Å². The van der Waals surface area contributed by atoms with Crippen LogP contribution in [0.1, 0.15) is 52.6 Å². The molecule has 0 fully saturated rings. The van der Waals surface area contributed by atoms with E-state index in [0.717, 1.165) is 17.7 Å². The summed E-state index contributed by atoms with van der Waals surface area (Å²) in [5, 5.41) is 12.2. The van der Waals surface area contributed by atoms with Crippen LogP contribution >= 0.6 is 0 Å². The Labute approximate surface area is 139 Å². The summed E-state index contributed by atoms with van der Waals surface area (Å²) in [4.78, 5) is 11.8. The fourth-order valence-electron chi connectivity index (χ4n) is 1.84. The minimum absolute atomic E-state index is 0.202. The molecule has 0 aliphatic carbocycles. The van der Waals surface area contributed by atoms with Crippen LogP contribution in [-0.4, -0.2) is 30.0 Å². The first kappa shape index (κ1) is 19.3. The zero-order valence-corrected chi connectivity index (χ0v) is 14.8. The highest BCUT2D eigenvalue weighted by Gasteiger charge is 2.20. The third kappa shape index (κ3) is 7.37. The first-order valence-electron chi connectivity index (χ1n) is 8.08. The molecule has 1 aromatic carbocycles. The van der Waals surface area contributed by atoms with Gasteiger partial charge in [-0.3, -0.25) is 0 Å². The maximum atomic E-state index is 11.8. The van der Waals surface area contributed by atoms with E-state index in [1.54, 1.807) is 20.8 Å². The van der Waals surface area contributed by atoms with E-state index in [1.165, 1.54) is 0 Å². The van der Waals surface area contributed by atoms with Gasteiger partial charge in [0.15, 0.2) is 0 Å². The van der Waals surface area contributed by atoms with Gasteiger partial charge in [-0.2, -0.15) is 0 Å². The molecule has 130 valence electrons. The Morgan fingerprint density at radius 1 is 1.26 bits per heavy atom. The van der Waals surface area contributed by atoms with E-state index in [2.05, 4.69) is 19.2 Å². The van der Waals surface area contributed by atoms with E-state index in [9.17, 15) is 9.90 Å². The Bertz CT molecular complexity index is 479. The molecule has 1 rings (SSSR count). The lowest BCUT2D eigenvalue weighted by atomic mass is 10.1. The summed E-state index contributed by atoms with van der Waals surface area (Å²) in [6.07, 6.45) is 0.526. The van der Waals surface area contributed by atoms with Crippen LogP contribution in [0.2, 0.25) is 0 Å². The van der Waals surface area contributed by atoms with Crippen molar-refractivity contribution in [2.75, 3.05) is 13.2 Å². The van der Waals surface area contributed by atoms with Gasteiger partial charge < -0.3 is 19.9 Å². The van der Waals surface area contributed by atoms with E-state index in [4.69, 9.17) is 9.47 Å². The smallest absolute Gasteiger partial charge is 0.408 e. The first-order valence-corrected chi connectivity index (χ1v) is 8.08. The lowest BCUT2D eigenvalue weighted by molar-refractivity contribution is 0.0482. The first-order chi connectivity index (χ1) is 10.7. The number of alkyl carbamates (subject to hydrolysis) is 1. The van der Waals surface area contributed by atoms with Crippen molar-refractivity contribution in [3.63, 3.8) is 0 Å². The van der Waals surface area contributed by atoms with Crippen LogP contribution in [-0.2, 0) is 4.74 Å². The van der Waals surface area contributed by atoms with E-state index < -0.39 is 17.7 Å². The second-order valence-corrected chi connectivity index (χ2v) is 6.77. The minimum atomic E-state index is -0.572. The third-order valence-corrected chi connectivity index (χ3v) is 3.39. The van der Waals surface area contributed by atoms with Gasteiger partial charge in [0, 0.05) is 0 Å². The van der Waals surface area contributed by atoms with Crippen molar-refractivity contribution in [1.29, 1.82) is 0 Å². The van der Waals surface area contributed by atoms with Crippen LogP contribution in [0.4, 0.5) is 4.79 Å². The molecule has 0 saturated heterocycles. The molecule has 0 bridgehead atoms. The number of benzene rings is 1. The second-order valence-electron chi connectivity index (χ2n) is 6.77. The average molecular weight is 323 g/mol. The Morgan fingerprint density at radius 3 is 2.35 bits per heavy atom. The van der Waals surface area contributed by atoms with Gasteiger partial charge >= 0.3 is 6.09 Å². The van der Waals surface area contributed by atoms with Crippen molar-refractivity contribution in [3.8, 4) is 5.75 Å². The molecular weight excluding hydrogens is 294 g/mol. The Balaban J connectivity index is 2.63. The van der Waals surface area contributed by atoms with Crippen LogP contribution in [0.15, 0.2) is 24.3 Å². The monoisotopic (exact) mass is 323 g/mol. The standard InChI is InChI=1S/C18H29NO4/c1-6-13(2)12-22-15-9-7-14(8-10-15)16(11-20)19-17(21)23-18(3,4)5/h7-10,13,16,20H,6,11-12H2,1-5H3,(H,19,21)/t13-,16-/m0/s1. The number of aliphatic hydroxyl groups is 1. The number of rotatable bonds is 7. The minimum Gasteiger partial charge on any atom is -0.493 e. The molecule has 5 heteroatoms. The molecule has 0 radical (unpaired) electrons. The number of ether oxygens (including phenoxy) is 2. The lowest BCUT2D eigenvalue weighted by Gasteiger charge is -2.23. The topological polar surface area (TPSA) is 67.8 Å². The van der Waals surface area contributed by atoms with Gasteiger partial charge in [0.2, 0.25) is 0 Å². The molecule has 23 heavy (non-hydrogen) atoms. The van der Waals surface area contributed by atoms with Crippen LogP contribution in [0.5, 0.6) is 5.75 Å². The van der Waals surface area contributed by atoms with Crippen molar-refractivity contribution >= 4 is 6.09 Å². The summed E-state index contributed by atoms with van der Waals surface area (Å²) in [6, 6.07) is 6.86. The van der Waals surface area contributed by atoms with Gasteiger partial charge in [0.25, 0.3) is 0 Å². The van der Waals surface area contributed by atoms with Gasteiger partial charge in [-0.1, -0.05) is 32.4 Å². The molecule has 0 aliphatic heterocycles. The van der Waals surface area contributed by atoms with Crippen molar-refractivity contribution in [3.05, 3.63) is 29.8 Å². The van der Waals surface area contributed by atoms with Crippen molar-refractivity contribution in [2.24, 2.45) is 5.92 Å². The molecule has 5 nitrogen and oxygen atoms in total. The Morgan fingerprint density at radius 2 is 1.87 bits per heavy atom. The molecular formula is C18H29NO4. The van der Waals surface area contributed by atoms with Crippen molar-refractivity contribution in [1.82, 2.24) is 5.32 Å². The number of amides is 1. The molecule has 0 aliphatic rings. The summed E-state index contributed by atoms with van der Waals surface area (Å²) in [5.74, 6) is 1.29. The zero-order valence-electron chi connectivity index (χ0n) is 14.8. The van der Waals surface area contributed by atoms with E-state index in [-0.39, 0.29) is 6.61 Å². The molecule has 0 heterocycles. The van der Waals surface area contributed by atoms with Crippen molar-refractivity contribution in [2.45, 2.75) is 52.7 Å². The molecule has 2 N–H and O–H groups in total. The maximum Gasteiger partial charge on any atom is 0.408 e. The summed E-state index contributed by atoms with van der Waals surface area (Å²) >= 11 is 0. The Kier molecular flexibility index (Phi) is 7.36. The predicted octanol–water partition coefficient (Wildman–Crippen LogP) is 3.67. The number of carbonyl (C=O) groups is 1. The lowest BCUT2D eigenvalue weighted by Crippen LogP contribution is -2.36. The Hall–Kier alpha value is -1.75. The quantitative estimate of drug-likeness (QED) is 0.803. The highest BCUT2D eigenvalue weighted by Crippen LogP contribution is 2.19. The molecule has 0 unspecified atom stereocenters. The van der Waals surface area contributed by atoms with Crippen LogP contribution < -0.4 is 10.1 Å². The normalized spacial score (nSPS) is 14.0. The molecule has 0 aromatic heterocycles. The van der Waals surface area contributed by atoms with E-state index in [1.807, 2.05) is 24.3 Å². The summed E-state index contributed by atoms with van der Waals surface area (Å²) in [7, 11) is 0. The van der Waals surface area contributed by atoms with Crippen molar-refractivity contribution < 1.29 is 19.4 Å². The number of hydrogen-bond donors (Lipinski definition) is 2. The summed E-state index contributed by atoms with van der Waals surface area (Å²) in [6.45, 7) is 10.1. The van der Waals surface area contributed by atoms with Crippen LogP contribution in [0, 0.1) is 5.92 Å². The fourth-order valence-corrected chi connectivity index (χ4v) is 1.84.